The fourth-order valence-electron chi connectivity index (χ4n) is 2.78. The van der Waals surface area contributed by atoms with Gasteiger partial charge < -0.3 is 5.73 Å². The Morgan fingerprint density at radius 1 is 1.47 bits per heavy atom. The summed E-state index contributed by atoms with van der Waals surface area (Å²) in [5.74, 6) is 0.276. The van der Waals surface area contributed by atoms with Crippen molar-refractivity contribution in [2.75, 3.05) is 6.26 Å². The van der Waals surface area contributed by atoms with Gasteiger partial charge in [-0.15, -0.1) is 11.3 Å². The first-order valence-corrected chi connectivity index (χ1v) is 10.1. The van der Waals surface area contributed by atoms with E-state index >= 15 is 0 Å². The molecule has 1 saturated carbocycles. The minimum absolute atomic E-state index is 0.0421. The highest BCUT2D eigenvalue weighted by molar-refractivity contribution is 9.11. The SMILES string of the molecule is Cc1cc(C(N)C2CCCC(S(C)(=O)=O)C2)sc1Br. The molecule has 1 heterocycles. The van der Waals surface area contributed by atoms with Crippen LogP contribution in [0.1, 0.15) is 42.2 Å². The van der Waals surface area contributed by atoms with Gasteiger partial charge in [-0.3, -0.25) is 0 Å². The molecular formula is C13H20BrNO2S2. The van der Waals surface area contributed by atoms with Crippen molar-refractivity contribution in [3.8, 4) is 0 Å². The molecule has 0 aromatic carbocycles. The molecule has 2 rings (SSSR count). The standard InChI is InChI=1S/C13H20BrNO2S2/c1-8-6-11(18-13(8)14)12(15)9-4-3-5-10(7-9)19(2,16)17/h6,9-10,12H,3-5,7,15H2,1-2H3. The summed E-state index contributed by atoms with van der Waals surface area (Å²) in [5.41, 5.74) is 7.55. The first-order valence-electron chi connectivity index (χ1n) is 6.49. The summed E-state index contributed by atoms with van der Waals surface area (Å²) in [6.07, 6.45) is 4.82. The lowest BCUT2D eigenvalue weighted by molar-refractivity contribution is 0.311. The fourth-order valence-corrected chi connectivity index (χ4v) is 5.63. The second-order valence-electron chi connectivity index (χ2n) is 5.51. The minimum atomic E-state index is -2.94. The van der Waals surface area contributed by atoms with E-state index in [4.69, 9.17) is 5.73 Å². The Hall–Kier alpha value is 0.0900. The van der Waals surface area contributed by atoms with Crippen LogP contribution in [0.15, 0.2) is 9.85 Å². The molecule has 0 bridgehead atoms. The van der Waals surface area contributed by atoms with Gasteiger partial charge in [0.05, 0.1) is 9.04 Å². The average Bonchev–Trinajstić information content (AvgIpc) is 2.68. The predicted molar refractivity (Wildman–Crippen MR) is 84.3 cm³/mol. The van der Waals surface area contributed by atoms with Crippen LogP contribution in [0.5, 0.6) is 0 Å². The summed E-state index contributed by atoms with van der Waals surface area (Å²) < 4.78 is 24.5. The molecule has 1 aliphatic carbocycles. The zero-order valence-corrected chi connectivity index (χ0v) is 14.4. The molecule has 0 radical (unpaired) electrons. The van der Waals surface area contributed by atoms with Crippen molar-refractivity contribution in [2.24, 2.45) is 11.7 Å². The Morgan fingerprint density at radius 2 is 2.16 bits per heavy atom. The molecule has 1 fully saturated rings. The molecule has 1 aliphatic rings. The van der Waals surface area contributed by atoms with Gasteiger partial charge in [-0.05, 0) is 59.7 Å². The molecule has 19 heavy (non-hydrogen) atoms. The molecule has 2 N–H and O–H groups in total. The predicted octanol–water partition coefficient (Wildman–Crippen LogP) is 3.42. The third-order valence-electron chi connectivity index (χ3n) is 3.98. The normalized spacial score (nSPS) is 26.3. The van der Waals surface area contributed by atoms with E-state index in [1.165, 1.54) is 11.8 Å². The highest BCUT2D eigenvalue weighted by Gasteiger charge is 2.32. The molecule has 3 atom stereocenters. The van der Waals surface area contributed by atoms with E-state index in [2.05, 4.69) is 28.9 Å². The molecule has 6 heteroatoms. The van der Waals surface area contributed by atoms with Gasteiger partial charge >= 0.3 is 0 Å². The molecule has 3 unspecified atom stereocenters. The van der Waals surface area contributed by atoms with Gasteiger partial charge in [0, 0.05) is 17.2 Å². The lowest BCUT2D eigenvalue weighted by atomic mass is 9.83. The van der Waals surface area contributed by atoms with Crippen LogP contribution in [0.2, 0.25) is 0 Å². The van der Waals surface area contributed by atoms with Crippen LogP contribution in [0.25, 0.3) is 0 Å². The second-order valence-corrected chi connectivity index (χ2v) is 10.2. The number of halogens is 1. The average molecular weight is 366 g/mol. The van der Waals surface area contributed by atoms with Gasteiger partial charge in [0.25, 0.3) is 0 Å². The van der Waals surface area contributed by atoms with Crippen LogP contribution in [-0.4, -0.2) is 19.9 Å². The maximum atomic E-state index is 11.7. The summed E-state index contributed by atoms with van der Waals surface area (Å²) in [6.45, 7) is 2.05. The van der Waals surface area contributed by atoms with Gasteiger partial charge in [0.1, 0.15) is 9.84 Å². The molecule has 3 nitrogen and oxygen atoms in total. The van der Waals surface area contributed by atoms with Crippen molar-refractivity contribution in [3.05, 3.63) is 20.3 Å². The van der Waals surface area contributed by atoms with Crippen molar-refractivity contribution in [1.82, 2.24) is 0 Å². The van der Waals surface area contributed by atoms with Crippen LogP contribution >= 0.6 is 27.3 Å². The van der Waals surface area contributed by atoms with Gasteiger partial charge in [0.15, 0.2) is 0 Å². The second kappa shape index (κ2) is 5.84. The molecule has 1 aromatic rings. The van der Waals surface area contributed by atoms with Crippen molar-refractivity contribution >= 4 is 37.1 Å². The monoisotopic (exact) mass is 365 g/mol. The Bertz CT molecular complexity index is 533. The van der Waals surface area contributed by atoms with Crippen molar-refractivity contribution < 1.29 is 8.42 Å². The Morgan fingerprint density at radius 3 is 2.68 bits per heavy atom. The van der Waals surface area contributed by atoms with E-state index in [0.717, 1.165) is 27.9 Å². The Kier molecular flexibility index (Phi) is 4.75. The quantitative estimate of drug-likeness (QED) is 0.892. The Labute approximate surface area is 127 Å². The first-order chi connectivity index (χ1) is 8.79. The maximum absolute atomic E-state index is 11.7. The molecule has 0 spiro atoms. The molecule has 0 saturated heterocycles. The topological polar surface area (TPSA) is 60.2 Å². The van der Waals surface area contributed by atoms with Crippen LogP contribution in [-0.2, 0) is 9.84 Å². The van der Waals surface area contributed by atoms with Crippen molar-refractivity contribution in [2.45, 2.75) is 43.9 Å². The van der Waals surface area contributed by atoms with E-state index < -0.39 is 9.84 Å². The first kappa shape index (κ1) is 15.5. The van der Waals surface area contributed by atoms with Gasteiger partial charge in [-0.2, -0.15) is 0 Å². The largest absolute Gasteiger partial charge is 0.323 e. The molecule has 0 aliphatic heterocycles. The summed E-state index contributed by atoms with van der Waals surface area (Å²) in [6, 6.07) is 2.07. The molecular weight excluding hydrogens is 346 g/mol. The summed E-state index contributed by atoms with van der Waals surface area (Å²) in [5, 5.41) is -0.207. The third kappa shape index (κ3) is 3.60. The zero-order valence-electron chi connectivity index (χ0n) is 11.2. The fraction of sp³-hybridized carbons (Fsp3) is 0.692. The van der Waals surface area contributed by atoms with E-state index in [0.29, 0.717) is 6.42 Å². The summed E-state index contributed by atoms with van der Waals surface area (Å²) >= 11 is 5.19. The lowest BCUT2D eigenvalue weighted by Crippen LogP contribution is -2.32. The number of rotatable bonds is 3. The molecule has 108 valence electrons. The highest BCUT2D eigenvalue weighted by Crippen LogP contribution is 2.39. The lowest BCUT2D eigenvalue weighted by Gasteiger charge is -2.31. The van der Waals surface area contributed by atoms with Crippen molar-refractivity contribution in [3.63, 3.8) is 0 Å². The van der Waals surface area contributed by atoms with Gasteiger partial charge in [-0.1, -0.05) is 6.42 Å². The van der Waals surface area contributed by atoms with Gasteiger partial charge in [-0.25, -0.2) is 8.42 Å². The number of hydrogen-bond donors (Lipinski definition) is 1. The zero-order chi connectivity index (χ0) is 14.2. The van der Waals surface area contributed by atoms with E-state index in [-0.39, 0.29) is 17.2 Å². The number of hydrogen-bond acceptors (Lipinski definition) is 4. The molecule has 0 amide bonds. The summed E-state index contributed by atoms with van der Waals surface area (Å²) in [4.78, 5) is 1.16. The number of thiophene rings is 1. The van der Waals surface area contributed by atoms with Crippen LogP contribution in [0, 0.1) is 12.8 Å². The number of nitrogens with two attached hydrogens (primary N) is 1. The smallest absolute Gasteiger partial charge is 0.150 e. The summed E-state index contributed by atoms with van der Waals surface area (Å²) in [7, 11) is -2.94. The van der Waals surface area contributed by atoms with Gasteiger partial charge in [0.2, 0.25) is 0 Å². The van der Waals surface area contributed by atoms with Crippen LogP contribution in [0.3, 0.4) is 0 Å². The van der Waals surface area contributed by atoms with Crippen LogP contribution in [0.4, 0.5) is 0 Å². The minimum Gasteiger partial charge on any atom is -0.323 e. The van der Waals surface area contributed by atoms with E-state index in [9.17, 15) is 8.42 Å². The van der Waals surface area contributed by atoms with E-state index in [1.807, 2.05) is 0 Å². The number of aryl methyl sites for hydroxylation is 1. The maximum Gasteiger partial charge on any atom is 0.150 e. The number of sulfone groups is 1. The van der Waals surface area contributed by atoms with Crippen LogP contribution < -0.4 is 5.73 Å². The van der Waals surface area contributed by atoms with E-state index in [1.54, 1.807) is 11.3 Å². The van der Waals surface area contributed by atoms with Crippen molar-refractivity contribution in [1.29, 1.82) is 0 Å². The highest BCUT2D eigenvalue weighted by atomic mass is 79.9. The molecule has 1 aromatic heterocycles. The third-order valence-corrected chi connectivity index (χ3v) is 7.86. The Balaban J connectivity index is 2.13.